The molecule has 0 aromatic heterocycles. The summed E-state index contributed by atoms with van der Waals surface area (Å²) < 4.78 is 36.6. The summed E-state index contributed by atoms with van der Waals surface area (Å²) in [6.07, 6.45) is -4.39. The summed E-state index contributed by atoms with van der Waals surface area (Å²) in [5.74, 6) is -0.800. The first kappa shape index (κ1) is 29.7. The maximum absolute atomic E-state index is 14.0. The van der Waals surface area contributed by atoms with Crippen LogP contribution in [0.15, 0.2) is 60.0 Å². The van der Waals surface area contributed by atoms with Gasteiger partial charge in [-0.3, -0.25) is 14.1 Å². The topological polar surface area (TPSA) is 168 Å². The lowest BCUT2D eigenvalue weighted by Gasteiger charge is -2.30. The number of carbonyl (C=O) groups is 2. The number of hydrazone groups is 1. The molecule has 14 heteroatoms. The van der Waals surface area contributed by atoms with E-state index >= 15 is 0 Å². The van der Waals surface area contributed by atoms with Crippen LogP contribution in [0.4, 0.5) is 0 Å². The number of esters is 1. The van der Waals surface area contributed by atoms with Gasteiger partial charge in [-0.2, -0.15) is 10.2 Å². The molecule has 0 bridgehead atoms. The Balaban J connectivity index is 1.53. The van der Waals surface area contributed by atoms with Gasteiger partial charge in [-0.15, -0.1) is 0 Å². The molecular weight excluding hydrogens is 543 g/mol. The molecular formula is C26H33N4O9P. The molecule has 2 aliphatic rings. The van der Waals surface area contributed by atoms with Crippen molar-refractivity contribution in [3.8, 4) is 5.75 Å². The van der Waals surface area contributed by atoms with Crippen molar-refractivity contribution in [2.24, 2.45) is 11.0 Å². The third-order valence-electron chi connectivity index (χ3n) is 6.06. The zero-order valence-electron chi connectivity index (χ0n) is 22.3. The van der Waals surface area contributed by atoms with Gasteiger partial charge >= 0.3 is 13.7 Å². The largest absolute Gasteiger partial charge is 0.464 e. The van der Waals surface area contributed by atoms with Gasteiger partial charge in [0, 0.05) is 5.39 Å². The normalized spacial score (nSPS) is 25.1. The van der Waals surface area contributed by atoms with Gasteiger partial charge in [0.25, 0.3) is 5.91 Å². The summed E-state index contributed by atoms with van der Waals surface area (Å²) in [7, 11) is -4.32. The summed E-state index contributed by atoms with van der Waals surface area (Å²) in [5.41, 5.74) is 0. The number of carbonyl (C=O) groups excluding carboxylic acids is 2. The lowest BCUT2D eigenvalue weighted by atomic mass is 10.1. The quantitative estimate of drug-likeness (QED) is 0.228. The predicted octanol–water partition coefficient (Wildman–Crippen LogP) is 1.86. The van der Waals surface area contributed by atoms with E-state index in [0.29, 0.717) is 5.39 Å². The first-order valence-electron chi connectivity index (χ1n) is 12.7. The Bertz CT molecular complexity index is 1330. The Morgan fingerprint density at radius 2 is 1.93 bits per heavy atom. The maximum atomic E-state index is 14.0. The van der Waals surface area contributed by atoms with Crippen molar-refractivity contribution in [1.29, 1.82) is 0 Å². The Morgan fingerprint density at radius 1 is 1.20 bits per heavy atom. The van der Waals surface area contributed by atoms with Gasteiger partial charge in [0.15, 0.2) is 6.23 Å². The van der Waals surface area contributed by atoms with Gasteiger partial charge < -0.3 is 29.5 Å². The fourth-order valence-corrected chi connectivity index (χ4v) is 5.56. The third kappa shape index (κ3) is 6.87. The van der Waals surface area contributed by atoms with E-state index in [-0.39, 0.29) is 24.1 Å². The van der Waals surface area contributed by atoms with Gasteiger partial charge in [0.2, 0.25) is 0 Å². The molecule has 216 valence electrons. The zero-order valence-corrected chi connectivity index (χ0v) is 23.2. The molecule has 2 heterocycles. The van der Waals surface area contributed by atoms with Crippen molar-refractivity contribution >= 4 is 36.6 Å². The maximum Gasteiger partial charge on any atom is 0.459 e. The van der Waals surface area contributed by atoms with E-state index in [4.69, 9.17) is 18.5 Å². The van der Waals surface area contributed by atoms with Crippen molar-refractivity contribution in [3.05, 3.63) is 54.9 Å². The number of nitrogens with one attached hydrogen (secondary N) is 2. The van der Waals surface area contributed by atoms with E-state index in [2.05, 4.69) is 22.1 Å². The van der Waals surface area contributed by atoms with E-state index in [9.17, 15) is 24.4 Å². The minimum Gasteiger partial charge on any atom is -0.464 e. The van der Waals surface area contributed by atoms with E-state index in [0.717, 1.165) is 16.6 Å². The van der Waals surface area contributed by atoms with Gasteiger partial charge in [-0.25, -0.2) is 9.57 Å². The van der Waals surface area contributed by atoms with Crippen LogP contribution in [0.2, 0.25) is 0 Å². The summed E-state index contributed by atoms with van der Waals surface area (Å²) >= 11 is 0. The molecule has 0 aliphatic carbocycles. The molecule has 1 fully saturated rings. The van der Waals surface area contributed by atoms with Gasteiger partial charge in [0.05, 0.1) is 13.2 Å². The number of aliphatic hydroxyl groups is 2. The number of rotatable bonds is 11. The lowest BCUT2D eigenvalue weighted by Crippen LogP contribution is -2.47. The fraction of sp³-hybridized carbons (Fsp3) is 0.423. The molecule has 2 aromatic rings. The number of hydrogen-bond donors (Lipinski definition) is 4. The van der Waals surface area contributed by atoms with E-state index in [1.54, 1.807) is 24.3 Å². The number of ether oxygens (including phenoxy) is 2. The standard InChI is InChI=1S/C26H33N4O9P/c1-15(2)13-36-26(34)16(3)29-40(35,39-20-11-7-9-18-8-5-6-10-19(18)20)37-14-21-23(32)24(33)25(38-21)30-17(4)28-22(31)12-27-30/h5-12,15-16,21,23-25,32-33H,4,13-14H2,1-3H3,(H,28,31)(H,29,35)/t16-,21+,23?,24-,25+,40-/m0/s1. The first-order valence-corrected chi connectivity index (χ1v) is 14.2. The van der Waals surface area contributed by atoms with Crippen molar-refractivity contribution in [2.45, 2.75) is 51.4 Å². The predicted molar refractivity (Wildman–Crippen MR) is 145 cm³/mol. The average Bonchev–Trinajstić information content (AvgIpc) is 3.19. The molecule has 1 unspecified atom stereocenters. The molecule has 13 nitrogen and oxygen atoms in total. The van der Waals surface area contributed by atoms with Crippen LogP contribution in [-0.4, -0.2) is 77.1 Å². The van der Waals surface area contributed by atoms with Gasteiger partial charge in [0.1, 0.15) is 42.1 Å². The molecule has 2 aromatic carbocycles. The Morgan fingerprint density at radius 3 is 2.65 bits per heavy atom. The minimum absolute atomic E-state index is 0.0330. The zero-order chi connectivity index (χ0) is 29.0. The van der Waals surface area contributed by atoms with Crippen LogP contribution in [-0.2, 0) is 28.2 Å². The Hall–Kier alpha value is -3.32. The third-order valence-corrected chi connectivity index (χ3v) is 7.69. The molecule has 40 heavy (non-hydrogen) atoms. The fourth-order valence-electron chi connectivity index (χ4n) is 4.03. The van der Waals surface area contributed by atoms with E-state index < -0.39 is 56.8 Å². The molecule has 1 amide bonds. The summed E-state index contributed by atoms with van der Waals surface area (Å²) in [6, 6.07) is 11.4. The van der Waals surface area contributed by atoms with Crippen LogP contribution < -0.4 is 14.9 Å². The second kappa shape index (κ2) is 12.5. The summed E-state index contributed by atoms with van der Waals surface area (Å²) in [4.78, 5) is 24.0. The monoisotopic (exact) mass is 576 g/mol. The highest BCUT2D eigenvalue weighted by atomic mass is 31.2. The van der Waals surface area contributed by atoms with Crippen LogP contribution in [0.3, 0.4) is 0 Å². The van der Waals surface area contributed by atoms with E-state index in [1.165, 1.54) is 6.92 Å². The van der Waals surface area contributed by atoms with Crippen LogP contribution >= 0.6 is 7.75 Å². The lowest BCUT2D eigenvalue weighted by molar-refractivity contribution is -0.146. The highest BCUT2D eigenvalue weighted by Crippen LogP contribution is 2.47. The molecule has 0 saturated carbocycles. The number of aliphatic hydroxyl groups excluding tert-OH is 2. The highest BCUT2D eigenvalue weighted by Gasteiger charge is 2.48. The van der Waals surface area contributed by atoms with Crippen LogP contribution in [0, 0.1) is 5.92 Å². The van der Waals surface area contributed by atoms with Crippen LogP contribution in [0.1, 0.15) is 20.8 Å². The summed E-state index contributed by atoms with van der Waals surface area (Å²) in [6.45, 7) is 8.56. The van der Waals surface area contributed by atoms with E-state index in [1.807, 2.05) is 32.0 Å². The number of amides is 1. The number of fused-ring (bicyclic) bond motifs is 1. The average molecular weight is 577 g/mol. The second-order valence-corrected chi connectivity index (χ2v) is 11.5. The molecule has 0 radical (unpaired) electrons. The van der Waals surface area contributed by atoms with Crippen molar-refractivity contribution in [1.82, 2.24) is 15.4 Å². The highest BCUT2D eigenvalue weighted by molar-refractivity contribution is 7.52. The van der Waals surface area contributed by atoms with Gasteiger partial charge in [-0.05, 0) is 24.3 Å². The van der Waals surface area contributed by atoms with Crippen molar-refractivity contribution < 1.29 is 42.9 Å². The number of hydrogen-bond acceptors (Lipinski definition) is 11. The number of nitrogens with zero attached hydrogens (tertiary/aromatic N) is 2. The molecule has 2 aliphatic heterocycles. The molecule has 1 saturated heterocycles. The van der Waals surface area contributed by atoms with Crippen LogP contribution in [0.25, 0.3) is 10.8 Å². The van der Waals surface area contributed by atoms with Crippen LogP contribution in [0.5, 0.6) is 5.75 Å². The molecule has 4 rings (SSSR count). The SMILES string of the molecule is C=C1NC(=O)C=NN1[C@@H]1O[C@H](CO[P@@](=O)(N[C@@H](C)C(=O)OCC(C)C)Oc2cccc3ccccc23)C(O)[C@@H]1O. The Labute approximate surface area is 231 Å². The summed E-state index contributed by atoms with van der Waals surface area (Å²) in [5, 5.41) is 32.7. The molecule has 6 atom stereocenters. The first-order chi connectivity index (χ1) is 19.0. The second-order valence-electron chi connectivity index (χ2n) is 9.81. The molecule has 0 spiro atoms. The van der Waals surface area contributed by atoms with Crippen molar-refractivity contribution in [2.75, 3.05) is 13.2 Å². The molecule has 4 N–H and O–H groups in total. The van der Waals surface area contributed by atoms with Crippen molar-refractivity contribution in [3.63, 3.8) is 0 Å². The van der Waals surface area contributed by atoms with Gasteiger partial charge in [-0.1, -0.05) is 56.8 Å². The minimum atomic E-state index is -4.32. The smallest absolute Gasteiger partial charge is 0.459 e. The Kier molecular flexibility index (Phi) is 9.24. The number of benzene rings is 2.